The number of aliphatic hydroxyl groups is 2. The van der Waals surface area contributed by atoms with Crippen LogP contribution in [-0.2, 0) is 6.61 Å². The zero-order valence-electron chi connectivity index (χ0n) is 15.0. The van der Waals surface area contributed by atoms with E-state index in [1.54, 1.807) is 0 Å². The van der Waals surface area contributed by atoms with Crippen LogP contribution in [-0.4, -0.2) is 38.2 Å². The number of imidazole rings is 1. The van der Waals surface area contributed by atoms with Gasteiger partial charge >= 0.3 is 0 Å². The van der Waals surface area contributed by atoms with Crippen LogP contribution in [0.1, 0.15) is 41.9 Å². The lowest BCUT2D eigenvalue weighted by Crippen LogP contribution is -2.38. The molecule has 4 N–H and O–H groups in total. The van der Waals surface area contributed by atoms with Crippen molar-refractivity contribution in [3.05, 3.63) is 53.9 Å². The van der Waals surface area contributed by atoms with Crippen LogP contribution in [0.5, 0.6) is 0 Å². The van der Waals surface area contributed by atoms with Gasteiger partial charge in [0.15, 0.2) is 0 Å². The number of nitrogens with zero attached hydrogens (tertiary/aromatic N) is 1. The van der Waals surface area contributed by atoms with Crippen molar-refractivity contribution in [2.75, 3.05) is 0 Å². The van der Waals surface area contributed by atoms with E-state index in [4.69, 9.17) is 0 Å². The zero-order valence-corrected chi connectivity index (χ0v) is 15.0. The van der Waals surface area contributed by atoms with E-state index in [1.807, 2.05) is 42.5 Å². The Morgan fingerprint density at radius 3 is 2.48 bits per heavy atom. The molecule has 6 nitrogen and oxygen atoms in total. The van der Waals surface area contributed by atoms with E-state index in [-0.39, 0.29) is 24.7 Å². The lowest BCUT2D eigenvalue weighted by Gasteiger charge is -2.26. The quantitative estimate of drug-likeness (QED) is 0.571. The highest BCUT2D eigenvalue weighted by Crippen LogP contribution is 2.24. The number of benzene rings is 2. The molecule has 0 bridgehead atoms. The van der Waals surface area contributed by atoms with E-state index in [0.29, 0.717) is 11.4 Å². The Kier molecular flexibility index (Phi) is 4.92. The van der Waals surface area contributed by atoms with Gasteiger partial charge in [-0.05, 0) is 61.1 Å². The Hall–Kier alpha value is -2.70. The molecule has 0 radical (unpaired) electrons. The van der Waals surface area contributed by atoms with Gasteiger partial charge in [-0.15, -0.1) is 0 Å². The molecule has 1 fully saturated rings. The van der Waals surface area contributed by atoms with Crippen molar-refractivity contribution in [1.29, 1.82) is 0 Å². The first kappa shape index (κ1) is 17.7. The molecule has 6 heteroatoms. The van der Waals surface area contributed by atoms with Crippen LogP contribution in [0.25, 0.3) is 22.2 Å². The highest BCUT2D eigenvalue weighted by molar-refractivity contribution is 5.95. The molecule has 0 spiro atoms. The largest absolute Gasteiger partial charge is 0.393 e. The second-order valence-electron chi connectivity index (χ2n) is 7.13. The Morgan fingerprint density at radius 1 is 1.07 bits per heavy atom. The first-order valence-corrected chi connectivity index (χ1v) is 9.31. The molecule has 1 aliphatic rings. The number of amides is 1. The number of hydrogen-bond donors (Lipinski definition) is 4. The molecule has 1 heterocycles. The molecule has 0 saturated heterocycles. The number of H-pyrrole nitrogens is 1. The molecule has 27 heavy (non-hydrogen) atoms. The fraction of sp³-hybridized carbons (Fsp3) is 0.333. The SMILES string of the molecule is O=C(NC1CCC(O)CC1)c1ccc(-c2ccc3nc(CO)[nH]c3c2)cc1. The van der Waals surface area contributed by atoms with Crippen LogP contribution < -0.4 is 5.32 Å². The number of aliphatic hydroxyl groups excluding tert-OH is 2. The van der Waals surface area contributed by atoms with Gasteiger partial charge in [-0.25, -0.2) is 4.98 Å². The summed E-state index contributed by atoms with van der Waals surface area (Å²) in [6.45, 7) is -0.117. The lowest BCUT2D eigenvalue weighted by molar-refractivity contribution is 0.0867. The van der Waals surface area contributed by atoms with Gasteiger partial charge in [0, 0.05) is 11.6 Å². The number of rotatable bonds is 4. The number of aromatic amines is 1. The molecular formula is C21H23N3O3. The van der Waals surface area contributed by atoms with Gasteiger partial charge in [0.25, 0.3) is 5.91 Å². The first-order chi connectivity index (χ1) is 13.1. The number of nitrogens with one attached hydrogen (secondary N) is 2. The smallest absolute Gasteiger partial charge is 0.251 e. The summed E-state index contributed by atoms with van der Waals surface area (Å²) in [5.41, 5.74) is 4.35. The molecule has 4 rings (SSSR count). The summed E-state index contributed by atoms with van der Waals surface area (Å²) in [6.07, 6.45) is 2.92. The van der Waals surface area contributed by atoms with Gasteiger partial charge < -0.3 is 20.5 Å². The molecule has 140 valence electrons. The standard InChI is InChI=1S/C21H23N3O3/c25-12-20-23-18-10-5-15(11-19(18)24-20)13-1-3-14(4-2-13)21(27)22-16-6-8-17(26)9-7-16/h1-5,10-11,16-17,25-26H,6-9,12H2,(H,22,27)(H,23,24). The molecule has 1 aliphatic carbocycles. The van der Waals surface area contributed by atoms with E-state index in [1.165, 1.54) is 0 Å². The molecule has 0 atom stereocenters. The van der Waals surface area contributed by atoms with E-state index >= 15 is 0 Å². The van der Waals surface area contributed by atoms with Gasteiger partial charge in [-0.2, -0.15) is 0 Å². The first-order valence-electron chi connectivity index (χ1n) is 9.31. The molecule has 0 aliphatic heterocycles. The topological polar surface area (TPSA) is 98.2 Å². The van der Waals surface area contributed by atoms with E-state index in [2.05, 4.69) is 15.3 Å². The fourth-order valence-corrected chi connectivity index (χ4v) is 3.62. The van der Waals surface area contributed by atoms with Crippen molar-refractivity contribution >= 4 is 16.9 Å². The third kappa shape index (κ3) is 3.86. The van der Waals surface area contributed by atoms with Crippen molar-refractivity contribution in [1.82, 2.24) is 15.3 Å². The number of hydrogen-bond acceptors (Lipinski definition) is 4. The summed E-state index contributed by atoms with van der Waals surface area (Å²) in [6, 6.07) is 13.6. The summed E-state index contributed by atoms with van der Waals surface area (Å²) in [7, 11) is 0. The Morgan fingerprint density at radius 2 is 1.78 bits per heavy atom. The van der Waals surface area contributed by atoms with Gasteiger partial charge in [0.1, 0.15) is 12.4 Å². The third-order valence-corrected chi connectivity index (χ3v) is 5.19. The summed E-state index contributed by atoms with van der Waals surface area (Å²) in [5.74, 6) is 0.476. The van der Waals surface area contributed by atoms with Gasteiger partial charge in [-0.1, -0.05) is 18.2 Å². The molecular weight excluding hydrogens is 342 g/mol. The van der Waals surface area contributed by atoms with E-state index in [0.717, 1.165) is 47.8 Å². The van der Waals surface area contributed by atoms with Crippen LogP contribution in [0.3, 0.4) is 0 Å². The fourth-order valence-electron chi connectivity index (χ4n) is 3.62. The molecule has 1 saturated carbocycles. The average Bonchev–Trinajstić information content (AvgIpc) is 3.12. The number of fused-ring (bicyclic) bond motifs is 1. The third-order valence-electron chi connectivity index (χ3n) is 5.19. The Bertz CT molecular complexity index is 941. The average molecular weight is 365 g/mol. The normalized spacial score (nSPS) is 19.9. The zero-order chi connectivity index (χ0) is 18.8. The second kappa shape index (κ2) is 7.50. The monoisotopic (exact) mass is 365 g/mol. The highest BCUT2D eigenvalue weighted by atomic mass is 16.3. The minimum atomic E-state index is -0.224. The molecule has 1 amide bonds. The molecule has 1 aromatic heterocycles. The predicted octanol–water partition coefficient (Wildman–Crippen LogP) is 2.76. The summed E-state index contributed by atoms with van der Waals surface area (Å²) < 4.78 is 0. The molecule has 2 aromatic carbocycles. The molecule has 0 unspecified atom stereocenters. The van der Waals surface area contributed by atoms with Crippen LogP contribution in [0.4, 0.5) is 0 Å². The van der Waals surface area contributed by atoms with Crippen LogP contribution in [0.15, 0.2) is 42.5 Å². The minimum absolute atomic E-state index is 0.0699. The number of carbonyl (C=O) groups is 1. The number of aromatic nitrogens is 2. The predicted molar refractivity (Wildman–Crippen MR) is 103 cm³/mol. The van der Waals surface area contributed by atoms with Crippen molar-refractivity contribution in [3.63, 3.8) is 0 Å². The summed E-state index contributed by atoms with van der Waals surface area (Å²) in [5, 5.41) is 21.8. The Labute approximate surface area is 157 Å². The van der Waals surface area contributed by atoms with Crippen LogP contribution in [0, 0.1) is 0 Å². The number of carbonyl (C=O) groups excluding carboxylic acids is 1. The van der Waals surface area contributed by atoms with E-state index in [9.17, 15) is 15.0 Å². The van der Waals surface area contributed by atoms with E-state index < -0.39 is 0 Å². The summed E-state index contributed by atoms with van der Waals surface area (Å²) in [4.78, 5) is 19.8. The van der Waals surface area contributed by atoms with Crippen LogP contribution >= 0.6 is 0 Å². The maximum Gasteiger partial charge on any atom is 0.251 e. The van der Waals surface area contributed by atoms with Crippen molar-refractivity contribution in [2.45, 2.75) is 44.4 Å². The maximum atomic E-state index is 12.4. The second-order valence-corrected chi connectivity index (χ2v) is 7.13. The maximum absolute atomic E-state index is 12.4. The van der Waals surface area contributed by atoms with Gasteiger partial charge in [0.2, 0.25) is 0 Å². The minimum Gasteiger partial charge on any atom is -0.393 e. The highest BCUT2D eigenvalue weighted by Gasteiger charge is 2.21. The van der Waals surface area contributed by atoms with Crippen molar-refractivity contribution in [3.8, 4) is 11.1 Å². The van der Waals surface area contributed by atoms with Gasteiger partial charge in [-0.3, -0.25) is 4.79 Å². The van der Waals surface area contributed by atoms with Crippen molar-refractivity contribution in [2.24, 2.45) is 0 Å². The Balaban J connectivity index is 1.47. The van der Waals surface area contributed by atoms with Crippen molar-refractivity contribution < 1.29 is 15.0 Å². The summed E-state index contributed by atoms with van der Waals surface area (Å²) >= 11 is 0. The van der Waals surface area contributed by atoms with Gasteiger partial charge in [0.05, 0.1) is 17.1 Å². The lowest BCUT2D eigenvalue weighted by atomic mass is 9.93. The van der Waals surface area contributed by atoms with Crippen LogP contribution in [0.2, 0.25) is 0 Å². The molecule has 3 aromatic rings.